The maximum Gasteiger partial charge on any atom is 0.191 e. The molecule has 0 aliphatic carbocycles. The van der Waals surface area contributed by atoms with Crippen molar-refractivity contribution in [3.63, 3.8) is 0 Å². The van der Waals surface area contributed by atoms with E-state index >= 15 is 0 Å². The zero-order valence-corrected chi connectivity index (χ0v) is 16.3. The van der Waals surface area contributed by atoms with Gasteiger partial charge in [-0.1, -0.05) is 12.1 Å². The van der Waals surface area contributed by atoms with E-state index in [4.69, 9.17) is 0 Å². The Morgan fingerprint density at radius 2 is 2.03 bits per heavy atom. The first-order chi connectivity index (χ1) is 14.0. The summed E-state index contributed by atoms with van der Waals surface area (Å²) >= 11 is 0. The van der Waals surface area contributed by atoms with E-state index in [1.54, 1.807) is 36.8 Å². The number of ketones is 1. The molecular weight excluding hydrogens is 366 g/mol. The van der Waals surface area contributed by atoms with E-state index in [9.17, 15) is 10.1 Å². The highest BCUT2D eigenvalue weighted by molar-refractivity contribution is 6.08. The summed E-state index contributed by atoms with van der Waals surface area (Å²) in [6.07, 6.45) is 5.37. The molecule has 8 heteroatoms. The highest BCUT2D eigenvalue weighted by Gasteiger charge is 2.48. The Hall–Kier alpha value is -3.57. The fraction of sp³-hybridized carbons (Fsp3) is 0.286. The lowest BCUT2D eigenvalue weighted by molar-refractivity contribution is 0.0895. The Kier molecular flexibility index (Phi) is 4.82. The van der Waals surface area contributed by atoms with Crippen LogP contribution in [0.2, 0.25) is 0 Å². The largest absolute Gasteiger partial charge is 0.345 e. The minimum Gasteiger partial charge on any atom is -0.345 e. The van der Waals surface area contributed by atoms with Gasteiger partial charge in [-0.05, 0) is 37.6 Å². The van der Waals surface area contributed by atoms with Crippen LogP contribution in [0.1, 0.15) is 29.3 Å². The third kappa shape index (κ3) is 3.26. The summed E-state index contributed by atoms with van der Waals surface area (Å²) in [5, 5.41) is 21.0. The van der Waals surface area contributed by atoms with Crippen molar-refractivity contribution in [2.75, 3.05) is 18.5 Å². The second-order valence-electron chi connectivity index (χ2n) is 7.26. The van der Waals surface area contributed by atoms with Crippen molar-refractivity contribution in [2.45, 2.75) is 24.9 Å². The molecule has 0 amide bonds. The summed E-state index contributed by atoms with van der Waals surface area (Å²) in [5.41, 5.74) is 0.838. The number of hydrogen-bond donors (Lipinski definition) is 1. The van der Waals surface area contributed by atoms with Crippen molar-refractivity contribution in [1.82, 2.24) is 25.3 Å². The highest BCUT2D eigenvalue weighted by atomic mass is 16.1. The van der Waals surface area contributed by atoms with E-state index in [0.717, 1.165) is 0 Å². The van der Waals surface area contributed by atoms with Crippen molar-refractivity contribution in [3.05, 3.63) is 66.1 Å². The number of Topliss-reactive ketones (excluding diaryl/α,β-unsaturated/α-hetero) is 1. The van der Waals surface area contributed by atoms with Crippen LogP contribution in [0.3, 0.4) is 0 Å². The molecule has 1 aliphatic rings. The molecular formula is C21H21N7O. The smallest absolute Gasteiger partial charge is 0.191 e. The number of hydrogen-bond acceptors (Lipinski definition) is 7. The average molecular weight is 387 g/mol. The molecule has 1 aliphatic heterocycles. The van der Waals surface area contributed by atoms with Gasteiger partial charge in [-0.25, -0.2) is 4.98 Å². The van der Waals surface area contributed by atoms with Crippen LogP contribution in [0.4, 0.5) is 5.82 Å². The fourth-order valence-electron chi connectivity index (χ4n) is 3.90. The van der Waals surface area contributed by atoms with Gasteiger partial charge in [0, 0.05) is 31.4 Å². The maximum absolute atomic E-state index is 14.0. The van der Waals surface area contributed by atoms with Crippen LogP contribution in [0.25, 0.3) is 5.69 Å². The number of rotatable bonds is 5. The van der Waals surface area contributed by atoms with Crippen molar-refractivity contribution >= 4 is 11.6 Å². The Balaban J connectivity index is 1.81. The zero-order chi connectivity index (χ0) is 20.4. The SMILES string of the molecule is C[C@@H]1C[C@@](C(=O)c2ccccc2-n2nccn2)(N(C)c2cc(C#N)ccn2)CN1. The van der Waals surface area contributed by atoms with Crippen LogP contribution in [0.15, 0.2) is 55.0 Å². The van der Waals surface area contributed by atoms with Gasteiger partial charge in [-0.3, -0.25) is 4.79 Å². The highest BCUT2D eigenvalue weighted by Crippen LogP contribution is 2.34. The van der Waals surface area contributed by atoms with Gasteiger partial charge in [0.2, 0.25) is 0 Å². The average Bonchev–Trinajstić information content (AvgIpc) is 3.43. The third-order valence-electron chi connectivity index (χ3n) is 5.45. The lowest BCUT2D eigenvalue weighted by atomic mass is 9.84. The number of benzene rings is 1. The molecule has 2 atom stereocenters. The van der Waals surface area contributed by atoms with Gasteiger partial charge in [-0.2, -0.15) is 20.3 Å². The third-order valence-corrected chi connectivity index (χ3v) is 5.45. The minimum atomic E-state index is -0.844. The number of aromatic nitrogens is 4. The maximum atomic E-state index is 14.0. The van der Waals surface area contributed by atoms with Gasteiger partial charge in [0.25, 0.3) is 0 Å². The first-order valence-electron chi connectivity index (χ1n) is 9.39. The molecule has 3 aromatic rings. The number of carbonyl (C=O) groups excluding carboxylic acids is 1. The minimum absolute atomic E-state index is 0.0334. The van der Waals surface area contributed by atoms with E-state index in [0.29, 0.717) is 35.6 Å². The molecule has 0 radical (unpaired) electrons. The van der Waals surface area contributed by atoms with Crippen LogP contribution in [0.5, 0.6) is 0 Å². The zero-order valence-electron chi connectivity index (χ0n) is 16.3. The molecule has 0 bridgehead atoms. The molecule has 2 aromatic heterocycles. The Labute approximate surface area is 168 Å². The van der Waals surface area contributed by atoms with Gasteiger partial charge < -0.3 is 10.2 Å². The van der Waals surface area contributed by atoms with Crippen LogP contribution in [-0.4, -0.2) is 50.9 Å². The summed E-state index contributed by atoms with van der Waals surface area (Å²) in [5.74, 6) is 0.553. The first-order valence-corrected chi connectivity index (χ1v) is 9.39. The first kappa shape index (κ1) is 18.8. The van der Waals surface area contributed by atoms with Crippen molar-refractivity contribution in [2.24, 2.45) is 0 Å². The summed E-state index contributed by atoms with van der Waals surface area (Å²) in [6.45, 7) is 2.53. The van der Waals surface area contributed by atoms with Crippen molar-refractivity contribution in [1.29, 1.82) is 5.26 Å². The number of para-hydroxylation sites is 1. The Morgan fingerprint density at radius 3 is 2.72 bits per heavy atom. The van der Waals surface area contributed by atoms with E-state index < -0.39 is 5.54 Å². The molecule has 1 fully saturated rings. The lowest BCUT2D eigenvalue weighted by Crippen LogP contribution is -2.55. The number of nitriles is 1. The normalized spacial score (nSPS) is 20.9. The Morgan fingerprint density at radius 1 is 1.28 bits per heavy atom. The standard InChI is InChI=1S/C21H21N7O/c1-15-12-21(14-24-15,27(2)19-11-16(13-22)7-8-23-19)20(29)17-5-3-4-6-18(17)28-25-9-10-26-28/h3-11,15,24H,12,14H2,1-2H3/t15-,21-/m1/s1. The second-order valence-corrected chi connectivity index (χ2v) is 7.26. The van der Waals surface area contributed by atoms with E-state index in [1.165, 1.54) is 4.80 Å². The predicted molar refractivity (Wildman–Crippen MR) is 108 cm³/mol. The molecule has 146 valence electrons. The number of nitrogens with zero attached hydrogens (tertiary/aromatic N) is 6. The van der Waals surface area contributed by atoms with Gasteiger partial charge in [0.1, 0.15) is 11.4 Å². The second kappa shape index (κ2) is 7.45. The van der Waals surface area contributed by atoms with E-state index in [-0.39, 0.29) is 11.8 Å². The fourth-order valence-corrected chi connectivity index (χ4v) is 3.90. The molecule has 1 aromatic carbocycles. The number of pyridine rings is 1. The topological polar surface area (TPSA) is 99.7 Å². The quantitative estimate of drug-likeness (QED) is 0.668. The molecule has 4 rings (SSSR count). The monoisotopic (exact) mass is 387 g/mol. The van der Waals surface area contributed by atoms with Crippen LogP contribution in [-0.2, 0) is 0 Å². The van der Waals surface area contributed by atoms with Gasteiger partial charge in [0.15, 0.2) is 5.78 Å². The molecule has 3 heterocycles. The summed E-state index contributed by atoms with van der Waals surface area (Å²) in [7, 11) is 1.86. The van der Waals surface area contributed by atoms with Crippen molar-refractivity contribution < 1.29 is 4.79 Å². The van der Waals surface area contributed by atoms with Gasteiger partial charge in [0.05, 0.1) is 29.7 Å². The number of nitrogens with one attached hydrogen (secondary N) is 1. The van der Waals surface area contributed by atoms with Gasteiger partial charge >= 0.3 is 0 Å². The van der Waals surface area contributed by atoms with E-state index in [2.05, 4.69) is 33.5 Å². The van der Waals surface area contributed by atoms with Crippen molar-refractivity contribution in [3.8, 4) is 11.8 Å². The number of likely N-dealkylation sites (N-methyl/N-ethyl adjacent to an activating group) is 1. The molecule has 1 N–H and O–H groups in total. The number of carbonyl (C=O) groups is 1. The molecule has 0 saturated carbocycles. The molecule has 0 spiro atoms. The number of anilines is 1. The van der Waals surface area contributed by atoms with Gasteiger partial charge in [-0.15, -0.1) is 0 Å². The molecule has 1 saturated heterocycles. The molecule has 0 unspecified atom stereocenters. The molecule has 8 nitrogen and oxygen atoms in total. The van der Waals surface area contributed by atoms with Crippen LogP contribution < -0.4 is 10.2 Å². The lowest BCUT2D eigenvalue weighted by Gasteiger charge is -2.38. The van der Waals surface area contributed by atoms with Crippen LogP contribution >= 0.6 is 0 Å². The predicted octanol–water partition coefficient (Wildman–Crippen LogP) is 1.97. The Bertz CT molecular complexity index is 1070. The summed E-state index contributed by atoms with van der Waals surface area (Å²) in [6, 6.07) is 13.0. The summed E-state index contributed by atoms with van der Waals surface area (Å²) in [4.78, 5) is 21.7. The summed E-state index contributed by atoms with van der Waals surface area (Å²) < 4.78 is 0. The molecule has 29 heavy (non-hydrogen) atoms. The van der Waals surface area contributed by atoms with E-state index in [1.807, 2.05) is 30.1 Å². The van der Waals surface area contributed by atoms with Crippen LogP contribution in [0, 0.1) is 11.3 Å².